The molecule has 0 saturated carbocycles. The standard InChI is InChI=1S/C18H20O5/c1-21-16-10-13(11-17(22-2)18(16)23-3)15(20)9-8-12-6-4-5-7-14(12)19/h4-7,10-11,19H,8-9H2,1-3H3. The molecule has 0 aliphatic carbocycles. The first-order valence-corrected chi connectivity index (χ1v) is 7.20. The van der Waals surface area contributed by atoms with Crippen molar-refractivity contribution in [3.05, 3.63) is 47.5 Å². The maximum absolute atomic E-state index is 12.4. The Kier molecular flexibility index (Phi) is 5.46. The second kappa shape index (κ2) is 7.54. The molecule has 122 valence electrons. The van der Waals surface area contributed by atoms with Gasteiger partial charge in [0, 0.05) is 12.0 Å². The van der Waals surface area contributed by atoms with Gasteiger partial charge >= 0.3 is 0 Å². The smallest absolute Gasteiger partial charge is 0.203 e. The van der Waals surface area contributed by atoms with Crippen molar-refractivity contribution in [3.8, 4) is 23.0 Å². The van der Waals surface area contributed by atoms with Crippen molar-refractivity contribution < 1.29 is 24.1 Å². The van der Waals surface area contributed by atoms with Crippen LogP contribution in [-0.2, 0) is 6.42 Å². The van der Waals surface area contributed by atoms with Crippen LogP contribution in [0.3, 0.4) is 0 Å². The summed E-state index contributed by atoms with van der Waals surface area (Å²) in [4.78, 5) is 12.4. The molecule has 1 N–H and O–H groups in total. The number of benzene rings is 2. The van der Waals surface area contributed by atoms with Crippen LogP contribution >= 0.6 is 0 Å². The van der Waals surface area contributed by atoms with Crippen molar-refractivity contribution in [3.63, 3.8) is 0 Å². The number of carbonyl (C=O) groups is 1. The third-order valence-corrected chi connectivity index (χ3v) is 3.60. The Labute approximate surface area is 135 Å². The van der Waals surface area contributed by atoms with E-state index in [4.69, 9.17) is 14.2 Å². The Morgan fingerprint density at radius 1 is 1.00 bits per heavy atom. The first-order valence-electron chi connectivity index (χ1n) is 7.20. The summed E-state index contributed by atoms with van der Waals surface area (Å²) in [6.45, 7) is 0. The van der Waals surface area contributed by atoms with Crippen LogP contribution in [0.4, 0.5) is 0 Å². The molecule has 2 rings (SSSR count). The van der Waals surface area contributed by atoms with Gasteiger partial charge in [0.15, 0.2) is 17.3 Å². The van der Waals surface area contributed by atoms with Crippen molar-refractivity contribution in [2.24, 2.45) is 0 Å². The quantitative estimate of drug-likeness (QED) is 0.794. The van der Waals surface area contributed by atoms with E-state index in [2.05, 4.69) is 0 Å². The number of phenols is 1. The molecule has 0 saturated heterocycles. The van der Waals surface area contributed by atoms with Crippen LogP contribution in [0.25, 0.3) is 0 Å². The fourth-order valence-electron chi connectivity index (χ4n) is 2.36. The Balaban J connectivity index is 2.20. The minimum atomic E-state index is -0.0625. The summed E-state index contributed by atoms with van der Waals surface area (Å²) in [6.07, 6.45) is 0.735. The van der Waals surface area contributed by atoms with Gasteiger partial charge in [0.25, 0.3) is 0 Å². The predicted molar refractivity (Wildman–Crippen MR) is 86.9 cm³/mol. The fourth-order valence-corrected chi connectivity index (χ4v) is 2.36. The summed E-state index contributed by atoms with van der Waals surface area (Å²) in [5.41, 5.74) is 1.23. The molecule has 0 amide bonds. The highest BCUT2D eigenvalue weighted by Crippen LogP contribution is 2.38. The van der Waals surface area contributed by atoms with E-state index < -0.39 is 0 Å². The molecule has 5 heteroatoms. The van der Waals surface area contributed by atoms with E-state index in [0.29, 0.717) is 29.2 Å². The number of aryl methyl sites for hydroxylation is 1. The average Bonchev–Trinajstić information content (AvgIpc) is 2.59. The maximum Gasteiger partial charge on any atom is 0.203 e. The molecule has 0 radical (unpaired) electrons. The molecule has 2 aromatic rings. The minimum Gasteiger partial charge on any atom is -0.508 e. The predicted octanol–water partition coefficient (Wildman–Crippen LogP) is 3.23. The van der Waals surface area contributed by atoms with Crippen molar-refractivity contribution in [2.75, 3.05) is 21.3 Å². The molecule has 0 aliphatic heterocycles. The SMILES string of the molecule is COc1cc(C(=O)CCc2ccccc2O)cc(OC)c1OC. The molecule has 0 spiro atoms. The van der Waals surface area contributed by atoms with Crippen LogP contribution in [0.5, 0.6) is 23.0 Å². The topological polar surface area (TPSA) is 65.0 Å². The van der Waals surface area contributed by atoms with Crippen molar-refractivity contribution >= 4 is 5.78 Å². The molecule has 2 aromatic carbocycles. The number of ether oxygens (including phenoxy) is 3. The van der Waals surface area contributed by atoms with E-state index in [1.165, 1.54) is 21.3 Å². The van der Waals surface area contributed by atoms with Gasteiger partial charge in [0.1, 0.15) is 5.75 Å². The number of Topliss-reactive ketones (excluding diaryl/α,β-unsaturated/α-hetero) is 1. The van der Waals surface area contributed by atoms with Gasteiger partial charge in [0.2, 0.25) is 5.75 Å². The molecule has 0 fully saturated rings. The average molecular weight is 316 g/mol. The van der Waals surface area contributed by atoms with E-state index in [1.54, 1.807) is 30.3 Å². The molecular formula is C18H20O5. The van der Waals surface area contributed by atoms with Gasteiger partial charge in [-0.05, 0) is 30.2 Å². The third kappa shape index (κ3) is 3.74. The van der Waals surface area contributed by atoms with E-state index in [0.717, 1.165) is 5.56 Å². The third-order valence-electron chi connectivity index (χ3n) is 3.60. The van der Waals surface area contributed by atoms with Gasteiger partial charge in [-0.3, -0.25) is 4.79 Å². The number of phenolic OH excluding ortho intramolecular Hbond substituents is 1. The van der Waals surface area contributed by atoms with E-state index in [-0.39, 0.29) is 18.0 Å². The number of para-hydroxylation sites is 1. The molecule has 0 bridgehead atoms. The van der Waals surface area contributed by atoms with Crippen LogP contribution < -0.4 is 14.2 Å². The highest BCUT2D eigenvalue weighted by molar-refractivity contribution is 5.97. The van der Waals surface area contributed by atoms with Gasteiger partial charge < -0.3 is 19.3 Å². The second-order valence-electron chi connectivity index (χ2n) is 4.97. The zero-order valence-corrected chi connectivity index (χ0v) is 13.5. The number of methoxy groups -OCH3 is 3. The van der Waals surface area contributed by atoms with E-state index >= 15 is 0 Å². The van der Waals surface area contributed by atoms with Gasteiger partial charge in [-0.25, -0.2) is 0 Å². The Bertz CT molecular complexity index is 669. The lowest BCUT2D eigenvalue weighted by atomic mass is 10.0. The Hall–Kier alpha value is -2.69. The maximum atomic E-state index is 12.4. The van der Waals surface area contributed by atoms with E-state index in [1.807, 2.05) is 6.07 Å². The number of rotatable bonds is 7. The lowest BCUT2D eigenvalue weighted by Gasteiger charge is -2.13. The second-order valence-corrected chi connectivity index (χ2v) is 4.97. The molecule has 0 aliphatic rings. The Morgan fingerprint density at radius 2 is 1.61 bits per heavy atom. The first-order chi connectivity index (χ1) is 11.1. The van der Waals surface area contributed by atoms with E-state index in [9.17, 15) is 9.90 Å². The largest absolute Gasteiger partial charge is 0.508 e. The molecule has 0 heterocycles. The summed E-state index contributed by atoms with van der Waals surface area (Å²) in [5, 5.41) is 9.76. The zero-order chi connectivity index (χ0) is 16.8. The fraction of sp³-hybridized carbons (Fsp3) is 0.278. The van der Waals surface area contributed by atoms with Crippen LogP contribution in [0.2, 0.25) is 0 Å². The summed E-state index contributed by atoms with van der Waals surface area (Å²) >= 11 is 0. The summed E-state index contributed by atoms with van der Waals surface area (Å²) < 4.78 is 15.8. The van der Waals surface area contributed by atoms with Gasteiger partial charge in [-0.2, -0.15) is 0 Å². The molecular weight excluding hydrogens is 296 g/mol. The highest BCUT2D eigenvalue weighted by atomic mass is 16.5. The summed E-state index contributed by atoms with van der Waals surface area (Å²) in [5.74, 6) is 1.47. The summed E-state index contributed by atoms with van der Waals surface area (Å²) in [6, 6.07) is 10.3. The summed E-state index contributed by atoms with van der Waals surface area (Å²) in [7, 11) is 4.53. The number of carbonyl (C=O) groups excluding carboxylic acids is 1. The number of ketones is 1. The lowest BCUT2D eigenvalue weighted by molar-refractivity contribution is 0.0982. The minimum absolute atomic E-state index is 0.0625. The number of hydrogen-bond donors (Lipinski definition) is 1. The van der Waals surface area contributed by atoms with Gasteiger partial charge in [-0.1, -0.05) is 18.2 Å². The lowest BCUT2D eigenvalue weighted by Crippen LogP contribution is -2.04. The number of aromatic hydroxyl groups is 1. The molecule has 0 aromatic heterocycles. The molecule has 23 heavy (non-hydrogen) atoms. The normalized spacial score (nSPS) is 10.2. The zero-order valence-electron chi connectivity index (χ0n) is 13.5. The van der Waals surface area contributed by atoms with Crippen molar-refractivity contribution in [1.29, 1.82) is 0 Å². The van der Waals surface area contributed by atoms with Crippen LogP contribution in [0.1, 0.15) is 22.3 Å². The van der Waals surface area contributed by atoms with Crippen LogP contribution in [0, 0.1) is 0 Å². The van der Waals surface area contributed by atoms with Crippen LogP contribution in [-0.4, -0.2) is 32.2 Å². The first kappa shape index (κ1) is 16.7. The highest BCUT2D eigenvalue weighted by Gasteiger charge is 2.17. The van der Waals surface area contributed by atoms with Crippen molar-refractivity contribution in [2.45, 2.75) is 12.8 Å². The number of hydrogen-bond acceptors (Lipinski definition) is 5. The van der Waals surface area contributed by atoms with Gasteiger partial charge in [0.05, 0.1) is 21.3 Å². The van der Waals surface area contributed by atoms with Gasteiger partial charge in [-0.15, -0.1) is 0 Å². The van der Waals surface area contributed by atoms with Crippen LogP contribution in [0.15, 0.2) is 36.4 Å². The molecule has 0 unspecified atom stereocenters. The Morgan fingerprint density at radius 3 is 2.13 bits per heavy atom. The van der Waals surface area contributed by atoms with Crippen molar-refractivity contribution in [1.82, 2.24) is 0 Å². The monoisotopic (exact) mass is 316 g/mol. The molecule has 0 atom stereocenters. The molecule has 5 nitrogen and oxygen atoms in total.